The number of hydrogen-bond acceptors (Lipinski definition) is 8. The molecule has 9 nitrogen and oxygen atoms in total. The van der Waals surface area contributed by atoms with Gasteiger partial charge in [0.2, 0.25) is 0 Å². The second-order valence-corrected chi connectivity index (χ2v) is 6.61. The van der Waals surface area contributed by atoms with Gasteiger partial charge in [-0.2, -0.15) is 0 Å². The third kappa shape index (κ3) is 3.01. The summed E-state index contributed by atoms with van der Waals surface area (Å²) in [6.07, 6.45) is -0.326. The van der Waals surface area contributed by atoms with Gasteiger partial charge in [0.05, 0.1) is 23.0 Å². The smallest absolute Gasteiger partial charge is 0.379 e. The lowest BCUT2D eigenvalue weighted by Gasteiger charge is -2.36. The normalized spacial score (nSPS) is 20.6. The molecule has 0 bridgehead atoms. The molecule has 0 aliphatic carbocycles. The van der Waals surface area contributed by atoms with Gasteiger partial charge >= 0.3 is 17.4 Å². The molecule has 1 aliphatic heterocycles. The number of carbonyl (C=O) groups is 1. The summed E-state index contributed by atoms with van der Waals surface area (Å²) in [5, 5.41) is 22.2. The fourth-order valence-corrected chi connectivity index (χ4v) is 3.53. The number of nitro groups is 1. The lowest BCUT2D eigenvalue weighted by Crippen LogP contribution is -2.50. The molecular weight excluding hydrogens is 382 g/mol. The van der Waals surface area contributed by atoms with Crippen LogP contribution in [0.1, 0.15) is 23.5 Å². The number of nitro benzene ring substituents is 1. The molecule has 29 heavy (non-hydrogen) atoms. The largest absolute Gasteiger partial charge is 0.464 e. The topological polar surface area (TPSA) is 129 Å². The van der Waals surface area contributed by atoms with Gasteiger partial charge < -0.3 is 19.0 Å². The summed E-state index contributed by atoms with van der Waals surface area (Å²) in [5.74, 6) is -4.17. The highest BCUT2D eigenvalue weighted by Crippen LogP contribution is 2.45. The zero-order valence-corrected chi connectivity index (χ0v) is 15.2. The Labute approximate surface area is 163 Å². The molecule has 2 atom stereocenters. The number of methoxy groups -OCH3 is 1. The highest BCUT2D eigenvalue weighted by atomic mass is 16.7. The maximum absolute atomic E-state index is 12.7. The van der Waals surface area contributed by atoms with Crippen LogP contribution in [0.3, 0.4) is 0 Å². The van der Waals surface area contributed by atoms with Gasteiger partial charge in [-0.25, -0.2) is 9.59 Å². The third-order valence-electron chi connectivity index (χ3n) is 4.91. The van der Waals surface area contributed by atoms with Gasteiger partial charge in [0.15, 0.2) is 0 Å². The van der Waals surface area contributed by atoms with Crippen molar-refractivity contribution < 1.29 is 28.7 Å². The van der Waals surface area contributed by atoms with Crippen LogP contribution in [0.5, 0.6) is 5.75 Å². The van der Waals surface area contributed by atoms with E-state index in [-0.39, 0.29) is 29.0 Å². The van der Waals surface area contributed by atoms with Crippen molar-refractivity contribution in [3.05, 3.63) is 80.2 Å². The molecule has 4 rings (SSSR count). The molecule has 0 amide bonds. The third-order valence-corrected chi connectivity index (χ3v) is 4.91. The molecular formula is C20H15NO8. The molecule has 0 fully saturated rings. The maximum Gasteiger partial charge on any atom is 0.379 e. The van der Waals surface area contributed by atoms with E-state index < -0.39 is 28.2 Å². The van der Waals surface area contributed by atoms with E-state index in [4.69, 9.17) is 9.15 Å². The van der Waals surface area contributed by atoms with Gasteiger partial charge in [-0.05, 0) is 17.7 Å². The average molecular weight is 397 g/mol. The van der Waals surface area contributed by atoms with Crippen molar-refractivity contribution in [2.45, 2.75) is 18.1 Å². The van der Waals surface area contributed by atoms with Gasteiger partial charge in [-0.15, -0.1) is 0 Å². The van der Waals surface area contributed by atoms with Crippen LogP contribution >= 0.6 is 0 Å². The highest BCUT2D eigenvalue weighted by molar-refractivity contribution is 5.87. The number of nitrogens with zero attached hydrogens (tertiary/aromatic N) is 1. The van der Waals surface area contributed by atoms with Gasteiger partial charge in [0.1, 0.15) is 11.3 Å². The van der Waals surface area contributed by atoms with Crippen molar-refractivity contribution in [1.82, 2.24) is 0 Å². The Morgan fingerprint density at radius 1 is 1.24 bits per heavy atom. The van der Waals surface area contributed by atoms with Crippen molar-refractivity contribution in [3.63, 3.8) is 0 Å². The minimum Gasteiger partial charge on any atom is -0.464 e. The molecule has 2 unspecified atom stereocenters. The number of hydrogen-bond donors (Lipinski definition) is 1. The fourth-order valence-electron chi connectivity index (χ4n) is 3.53. The van der Waals surface area contributed by atoms with Gasteiger partial charge in [-0.1, -0.05) is 24.3 Å². The number of non-ortho nitro benzene ring substituents is 1. The Hall–Kier alpha value is -3.72. The van der Waals surface area contributed by atoms with E-state index in [1.165, 1.54) is 24.3 Å². The monoisotopic (exact) mass is 397 g/mol. The van der Waals surface area contributed by atoms with E-state index in [2.05, 4.69) is 4.74 Å². The second kappa shape index (κ2) is 6.71. The molecule has 1 N–H and O–H groups in total. The molecule has 0 radical (unpaired) electrons. The lowest BCUT2D eigenvalue weighted by molar-refractivity contribution is -0.384. The number of para-hydroxylation sites is 1. The number of esters is 1. The van der Waals surface area contributed by atoms with E-state index in [1.807, 2.05) is 0 Å². The van der Waals surface area contributed by atoms with Crippen LogP contribution in [-0.4, -0.2) is 28.9 Å². The van der Waals surface area contributed by atoms with E-state index >= 15 is 0 Å². The Morgan fingerprint density at radius 2 is 1.93 bits per heavy atom. The van der Waals surface area contributed by atoms with E-state index in [0.717, 1.165) is 7.11 Å². The standard InChI is InChI=1S/C20H15NO8/c1-27-19(23)20(24)10-14(11-6-8-12(9-7-11)21(25)26)16-17(29-20)13-4-2-3-5-15(13)28-18(16)22/h2-9,14,24H,10H2,1H3. The molecule has 1 aromatic heterocycles. The quantitative estimate of drug-likeness (QED) is 0.309. The number of rotatable bonds is 3. The molecule has 2 heterocycles. The zero-order valence-electron chi connectivity index (χ0n) is 15.2. The number of carbonyl (C=O) groups excluding carboxylic acids is 1. The van der Waals surface area contributed by atoms with Gasteiger partial charge in [0.25, 0.3) is 5.69 Å². The van der Waals surface area contributed by atoms with Crippen LogP contribution in [0.2, 0.25) is 0 Å². The van der Waals surface area contributed by atoms with Crippen molar-refractivity contribution in [2.75, 3.05) is 7.11 Å². The summed E-state index contributed by atoms with van der Waals surface area (Å²) in [6.45, 7) is 0. The first-order chi connectivity index (χ1) is 13.8. The summed E-state index contributed by atoms with van der Waals surface area (Å²) in [5.41, 5.74) is 0.00721. The first-order valence-corrected chi connectivity index (χ1v) is 8.64. The Balaban J connectivity index is 1.96. The van der Waals surface area contributed by atoms with Gasteiger partial charge in [-0.3, -0.25) is 10.1 Å². The van der Waals surface area contributed by atoms with Crippen molar-refractivity contribution >= 4 is 22.6 Å². The highest BCUT2D eigenvalue weighted by Gasteiger charge is 2.49. The predicted octanol–water partition coefficient (Wildman–Crippen LogP) is 2.48. The predicted molar refractivity (Wildman–Crippen MR) is 99.6 cm³/mol. The Morgan fingerprint density at radius 3 is 2.59 bits per heavy atom. The molecule has 148 valence electrons. The first kappa shape index (κ1) is 18.6. The lowest BCUT2D eigenvalue weighted by atomic mass is 9.83. The Kier molecular flexibility index (Phi) is 4.31. The average Bonchev–Trinajstić information content (AvgIpc) is 2.72. The van der Waals surface area contributed by atoms with Crippen LogP contribution in [0, 0.1) is 10.1 Å². The number of fused-ring (bicyclic) bond motifs is 3. The molecule has 0 spiro atoms. The second-order valence-electron chi connectivity index (χ2n) is 6.61. The summed E-state index contributed by atoms with van der Waals surface area (Å²) in [7, 11) is 1.11. The van der Waals surface area contributed by atoms with Crippen molar-refractivity contribution in [2.24, 2.45) is 0 Å². The fraction of sp³-hybridized carbons (Fsp3) is 0.200. The van der Waals surface area contributed by atoms with E-state index in [0.29, 0.717) is 10.9 Å². The Bertz CT molecular complexity index is 1180. The molecule has 2 aromatic carbocycles. The van der Waals surface area contributed by atoms with Gasteiger partial charge in [0, 0.05) is 24.5 Å². The first-order valence-electron chi connectivity index (χ1n) is 8.64. The van der Waals surface area contributed by atoms with Crippen molar-refractivity contribution in [3.8, 4) is 5.75 Å². The minimum atomic E-state index is -2.34. The van der Waals surface area contributed by atoms with Crippen LogP contribution < -0.4 is 10.4 Å². The van der Waals surface area contributed by atoms with E-state index in [1.54, 1.807) is 24.3 Å². The molecule has 3 aromatic rings. The van der Waals surface area contributed by atoms with Crippen molar-refractivity contribution in [1.29, 1.82) is 0 Å². The van der Waals surface area contributed by atoms with Crippen LogP contribution in [0.25, 0.3) is 11.0 Å². The zero-order chi connectivity index (χ0) is 20.8. The van der Waals surface area contributed by atoms with E-state index in [9.17, 15) is 24.8 Å². The van der Waals surface area contributed by atoms with Crippen LogP contribution in [-0.2, 0) is 9.53 Å². The van der Waals surface area contributed by atoms with Crippen LogP contribution in [0.4, 0.5) is 5.69 Å². The van der Waals surface area contributed by atoms with Crippen LogP contribution in [0.15, 0.2) is 57.7 Å². The number of benzene rings is 2. The maximum atomic E-state index is 12.7. The summed E-state index contributed by atoms with van der Waals surface area (Å²) < 4.78 is 15.7. The molecule has 0 saturated carbocycles. The molecule has 0 saturated heterocycles. The summed E-state index contributed by atoms with van der Waals surface area (Å²) in [6, 6.07) is 12.0. The summed E-state index contributed by atoms with van der Waals surface area (Å²) in [4.78, 5) is 35.4. The molecule has 9 heteroatoms. The molecule has 1 aliphatic rings. The summed E-state index contributed by atoms with van der Waals surface area (Å²) >= 11 is 0. The number of ether oxygens (including phenoxy) is 2. The number of aliphatic hydroxyl groups is 1. The minimum absolute atomic E-state index is 0.0133. The SMILES string of the molecule is COC(=O)C1(O)CC(c2ccc([N+](=O)[O-])cc2)c2c(c3ccccc3oc2=O)O1.